The van der Waals surface area contributed by atoms with E-state index in [9.17, 15) is 9.59 Å². The van der Waals surface area contributed by atoms with Crippen LogP contribution >= 0.6 is 0 Å². The number of carbonyl (C=O) groups excluding carboxylic acids is 2. The maximum Gasteiger partial charge on any atom is 0.241 e. The van der Waals surface area contributed by atoms with E-state index in [1.54, 1.807) is 0 Å². The second kappa shape index (κ2) is 13.9. The van der Waals surface area contributed by atoms with Crippen molar-refractivity contribution in [1.29, 1.82) is 0 Å². The van der Waals surface area contributed by atoms with Crippen LogP contribution in [0.4, 0.5) is 0 Å². The highest BCUT2D eigenvalue weighted by Gasteiger charge is 2.13. The van der Waals surface area contributed by atoms with Crippen molar-refractivity contribution in [3.63, 3.8) is 0 Å². The normalized spacial score (nSPS) is 10.4. The monoisotopic (exact) mass is 299 g/mol. The van der Waals surface area contributed by atoms with E-state index in [-0.39, 0.29) is 24.9 Å². The predicted octanol–water partition coefficient (Wildman–Crippen LogP) is 2.05. The molecule has 0 unspecified atom stereocenters. The molecule has 2 amide bonds. The van der Waals surface area contributed by atoms with Crippen LogP contribution in [0.1, 0.15) is 65.2 Å². The smallest absolute Gasteiger partial charge is 0.241 e. The average molecular weight is 299 g/mol. The zero-order chi connectivity index (χ0) is 15.9. The summed E-state index contributed by atoms with van der Waals surface area (Å²) in [5, 5.41) is 2.56. The van der Waals surface area contributed by atoms with E-state index in [2.05, 4.69) is 19.2 Å². The molecule has 5 heteroatoms. The van der Waals surface area contributed by atoms with Crippen molar-refractivity contribution in [3.8, 4) is 0 Å². The van der Waals surface area contributed by atoms with E-state index in [0.717, 1.165) is 38.8 Å². The van der Waals surface area contributed by atoms with Gasteiger partial charge >= 0.3 is 0 Å². The minimum atomic E-state index is -0.278. The average Bonchev–Trinajstić information content (AvgIpc) is 2.50. The van der Waals surface area contributed by atoms with Gasteiger partial charge in [0.05, 0.1) is 13.1 Å². The molecule has 0 aliphatic rings. The second-order valence-electron chi connectivity index (χ2n) is 5.48. The van der Waals surface area contributed by atoms with Gasteiger partial charge in [0.25, 0.3) is 0 Å². The van der Waals surface area contributed by atoms with Gasteiger partial charge in [-0.3, -0.25) is 9.59 Å². The highest BCUT2D eigenvalue weighted by Crippen LogP contribution is 2.05. The SMILES string of the molecule is CCCCCCN(CCCCCC)C(=O)CNC(=O)CN. The summed E-state index contributed by atoms with van der Waals surface area (Å²) in [4.78, 5) is 25.2. The lowest BCUT2D eigenvalue weighted by atomic mass is 10.1. The van der Waals surface area contributed by atoms with Crippen molar-refractivity contribution in [2.45, 2.75) is 65.2 Å². The third kappa shape index (κ3) is 11.3. The first-order chi connectivity index (χ1) is 10.2. The highest BCUT2D eigenvalue weighted by molar-refractivity contribution is 5.85. The fraction of sp³-hybridized carbons (Fsp3) is 0.875. The Hall–Kier alpha value is -1.10. The molecule has 0 heterocycles. The van der Waals surface area contributed by atoms with E-state index in [0.29, 0.717) is 0 Å². The Morgan fingerprint density at radius 2 is 1.43 bits per heavy atom. The van der Waals surface area contributed by atoms with Gasteiger partial charge in [-0.25, -0.2) is 0 Å². The second-order valence-corrected chi connectivity index (χ2v) is 5.48. The largest absolute Gasteiger partial charge is 0.346 e. The zero-order valence-corrected chi connectivity index (χ0v) is 13.8. The Morgan fingerprint density at radius 1 is 0.905 bits per heavy atom. The minimum absolute atomic E-state index is 0.00444. The van der Waals surface area contributed by atoms with Crippen molar-refractivity contribution in [1.82, 2.24) is 10.2 Å². The zero-order valence-electron chi connectivity index (χ0n) is 13.8. The summed E-state index contributed by atoms with van der Waals surface area (Å²) >= 11 is 0. The topological polar surface area (TPSA) is 75.4 Å². The van der Waals surface area contributed by atoms with Crippen molar-refractivity contribution < 1.29 is 9.59 Å². The first-order valence-electron chi connectivity index (χ1n) is 8.40. The fourth-order valence-electron chi connectivity index (χ4n) is 2.18. The lowest BCUT2D eigenvalue weighted by molar-refractivity contribution is -0.132. The third-order valence-electron chi connectivity index (χ3n) is 3.54. The van der Waals surface area contributed by atoms with E-state index < -0.39 is 0 Å². The van der Waals surface area contributed by atoms with Crippen LogP contribution < -0.4 is 11.1 Å². The quantitative estimate of drug-likeness (QED) is 0.511. The van der Waals surface area contributed by atoms with Crippen LogP contribution in [-0.2, 0) is 9.59 Å². The Bertz CT molecular complexity index is 271. The molecule has 0 radical (unpaired) electrons. The van der Waals surface area contributed by atoms with Gasteiger partial charge in [0, 0.05) is 13.1 Å². The van der Waals surface area contributed by atoms with Gasteiger partial charge in [-0.15, -0.1) is 0 Å². The fourth-order valence-corrected chi connectivity index (χ4v) is 2.18. The maximum atomic E-state index is 12.2. The van der Waals surface area contributed by atoms with Crippen LogP contribution in [-0.4, -0.2) is 42.9 Å². The van der Waals surface area contributed by atoms with Crippen molar-refractivity contribution in [2.75, 3.05) is 26.2 Å². The molecule has 5 nitrogen and oxygen atoms in total. The molecule has 0 rings (SSSR count). The van der Waals surface area contributed by atoms with E-state index in [1.807, 2.05) is 4.90 Å². The number of nitrogens with zero attached hydrogens (tertiary/aromatic N) is 1. The molecule has 0 aromatic heterocycles. The highest BCUT2D eigenvalue weighted by atomic mass is 16.2. The number of unbranched alkanes of at least 4 members (excludes halogenated alkanes) is 6. The molecule has 0 aliphatic carbocycles. The molecule has 0 saturated heterocycles. The van der Waals surface area contributed by atoms with Gasteiger partial charge in [-0.05, 0) is 12.8 Å². The lowest BCUT2D eigenvalue weighted by Crippen LogP contribution is -2.42. The van der Waals surface area contributed by atoms with Crippen LogP contribution in [0.2, 0.25) is 0 Å². The van der Waals surface area contributed by atoms with Crippen LogP contribution in [0.5, 0.6) is 0 Å². The molecule has 0 fully saturated rings. The number of carbonyl (C=O) groups is 2. The molecular formula is C16H33N3O2. The molecule has 0 aliphatic heterocycles. The summed E-state index contributed by atoms with van der Waals surface area (Å²) in [7, 11) is 0. The summed E-state index contributed by atoms with van der Waals surface area (Å²) in [6, 6.07) is 0. The number of hydrogen-bond acceptors (Lipinski definition) is 3. The van der Waals surface area contributed by atoms with E-state index in [1.165, 1.54) is 25.7 Å². The Morgan fingerprint density at radius 3 is 1.86 bits per heavy atom. The molecule has 0 atom stereocenters. The number of amides is 2. The van der Waals surface area contributed by atoms with Crippen LogP contribution in [0.25, 0.3) is 0 Å². The summed E-state index contributed by atoms with van der Waals surface area (Å²) < 4.78 is 0. The molecule has 21 heavy (non-hydrogen) atoms. The Labute approximate surface area is 129 Å². The standard InChI is InChI=1S/C16H33N3O2/c1-3-5-7-9-11-19(12-10-8-6-4-2)16(21)14-18-15(20)13-17/h3-14,17H2,1-2H3,(H,18,20). The number of rotatable bonds is 13. The Kier molecular flexibility index (Phi) is 13.1. The van der Waals surface area contributed by atoms with E-state index in [4.69, 9.17) is 5.73 Å². The van der Waals surface area contributed by atoms with Crippen molar-refractivity contribution in [2.24, 2.45) is 5.73 Å². The van der Waals surface area contributed by atoms with Crippen LogP contribution in [0.3, 0.4) is 0 Å². The summed E-state index contributed by atoms with van der Waals surface area (Å²) in [6.07, 6.45) is 9.20. The molecule has 0 aromatic rings. The first-order valence-corrected chi connectivity index (χ1v) is 8.40. The summed E-state index contributed by atoms with van der Waals surface area (Å²) in [5.41, 5.74) is 5.22. The molecule has 0 spiro atoms. The Balaban J connectivity index is 4.13. The van der Waals surface area contributed by atoms with Gasteiger partial charge in [0.15, 0.2) is 0 Å². The van der Waals surface area contributed by atoms with Gasteiger partial charge in [-0.1, -0.05) is 52.4 Å². The molecule has 0 saturated carbocycles. The third-order valence-corrected chi connectivity index (χ3v) is 3.54. The van der Waals surface area contributed by atoms with Gasteiger partial charge in [-0.2, -0.15) is 0 Å². The molecule has 124 valence electrons. The maximum absolute atomic E-state index is 12.2. The van der Waals surface area contributed by atoms with Crippen LogP contribution in [0.15, 0.2) is 0 Å². The van der Waals surface area contributed by atoms with Gasteiger partial charge < -0.3 is 16.0 Å². The lowest BCUT2D eigenvalue weighted by Gasteiger charge is -2.23. The first kappa shape index (κ1) is 19.9. The molecular weight excluding hydrogens is 266 g/mol. The van der Waals surface area contributed by atoms with Crippen LogP contribution in [0, 0.1) is 0 Å². The van der Waals surface area contributed by atoms with Gasteiger partial charge in [0.2, 0.25) is 11.8 Å². The molecule has 0 aromatic carbocycles. The predicted molar refractivity (Wildman–Crippen MR) is 86.9 cm³/mol. The van der Waals surface area contributed by atoms with Crippen molar-refractivity contribution >= 4 is 11.8 Å². The van der Waals surface area contributed by atoms with Crippen molar-refractivity contribution in [3.05, 3.63) is 0 Å². The van der Waals surface area contributed by atoms with E-state index >= 15 is 0 Å². The number of hydrogen-bond donors (Lipinski definition) is 2. The van der Waals surface area contributed by atoms with Gasteiger partial charge in [0.1, 0.15) is 0 Å². The molecule has 3 N–H and O–H groups in total. The number of nitrogens with one attached hydrogen (secondary N) is 1. The summed E-state index contributed by atoms with van der Waals surface area (Å²) in [6.45, 7) is 5.94. The molecule has 0 bridgehead atoms. The number of nitrogens with two attached hydrogens (primary N) is 1. The summed E-state index contributed by atoms with van der Waals surface area (Å²) in [5.74, 6) is -0.273. The minimum Gasteiger partial charge on any atom is -0.346 e.